The van der Waals surface area contributed by atoms with Gasteiger partial charge in [0.05, 0.1) is 12.2 Å². The van der Waals surface area contributed by atoms with Crippen molar-refractivity contribution >= 4 is 34.5 Å². The highest BCUT2D eigenvalue weighted by atomic mass is 35.5. The molecule has 4 nitrogen and oxygen atoms in total. The van der Waals surface area contributed by atoms with E-state index in [0.717, 1.165) is 16.9 Å². The molecule has 0 spiro atoms. The van der Waals surface area contributed by atoms with Gasteiger partial charge in [0.15, 0.2) is 0 Å². The highest BCUT2D eigenvalue weighted by Gasteiger charge is 2.06. The molecule has 92 valence electrons. The zero-order chi connectivity index (χ0) is 13.0. The summed E-state index contributed by atoms with van der Waals surface area (Å²) in [4.78, 5) is 0.305. The largest absolute Gasteiger partial charge is 0.389 e. The number of thiocarbonyl (C=S) groups is 1. The minimum absolute atomic E-state index is 0.305. The maximum Gasteiger partial charge on any atom is 0.106 e. The van der Waals surface area contributed by atoms with Gasteiger partial charge in [-0.15, -0.1) is 0 Å². The smallest absolute Gasteiger partial charge is 0.106 e. The summed E-state index contributed by atoms with van der Waals surface area (Å²) in [5, 5.41) is 11.6. The molecule has 18 heavy (non-hydrogen) atoms. The van der Waals surface area contributed by atoms with Crippen molar-refractivity contribution in [3.63, 3.8) is 0 Å². The van der Waals surface area contributed by atoms with Crippen molar-refractivity contribution in [1.29, 1.82) is 0 Å². The second-order valence-corrected chi connectivity index (χ2v) is 4.50. The number of nitrogens with zero attached hydrogens (tertiary/aromatic N) is 2. The van der Waals surface area contributed by atoms with Crippen LogP contribution >= 0.6 is 23.8 Å². The molecule has 0 bridgehead atoms. The van der Waals surface area contributed by atoms with Crippen LogP contribution in [-0.2, 0) is 6.54 Å². The SMILES string of the molecule is NC(=S)c1cc(Cl)ccc1NCc1cccnn1. The predicted molar refractivity (Wildman–Crippen MR) is 76.7 cm³/mol. The summed E-state index contributed by atoms with van der Waals surface area (Å²) in [6, 6.07) is 9.08. The molecule has 0 unspecified atom stereocenters. The molecule has 0 aliphatic heterocycles. The normalized spacial score (nSPS) is 10.1. The lowest BCUT2D eigenvalue weighted by molar-refractivity contribution is 0.925. The number of rotatable bonds is 4. The van der Waals surface area contributed by atoms with Gasteiger partial charge in [-0.25, -0.2) is 0 Å². The number of hydrogen-bond donors (Lipinski definition) is 2. The number of anilines is 1. The Kier molecular flexibility index (Phi) is 4.07. The Bertz CT molecular complexity index is 559. The monoisotopic (exact) mass is 278 g/mol. The summed E-state index contributed by atoms with van der Waals surface area (Å²) < 4.78 is 0. The molecule has 2 rings (SSSR count). The van der Waals surface area contributed by atoms with E-state index in [1.807, 2.05) is 18.2 Å². The molecular formula is C12H11ClN4S. The van der Waals surface area contributed by atoms with Gasteiger partial charge in [0.1, 0.15) is 4.99 Å². The zero-order valence-corrected chi connectivity index (χ0v) is 11.0. The van der Waals surface area contributed by atoms with Crippen molar-refractivity contribution < 1.29 is 0 Å². The maximum atomic E-state index is 5.91. The van der Waals surface area contributed by atoms with Gasteiger partial charge < -0.3 is 11.1 Å². The van der Waals surface area contributed by atoms with Crippen molar-refractivity contribution in [2.75, 3.05) is 5.32 Å². The average Bonchev–Trinajstić information content (AvgIpc) is 2.38. The number of benzene rings is 1. The molecular weight excluding hydrogens is 268 g/mol. The third kappa shape index (κ3) is 3.15. The minimum Gasteiger partial charge on any atom is -0.389 e. The zero-order valence-electron chi connectivity index (χ0n) is 9.43. The van der Waals surface area contributed by atoms with E-state index in [4.69, 9.17) is 29.6 Å². The van der Waals surface area contributed by atoms with E-state index < -0.39 is 0 Å². The number of aromatic nitrogens is 2. The standard InChI is InChI=1S/C12H11ClN4S/c13-8-3-4-11(10(6-8)12(14)18)15-7-9-2-1-5-16-17-9/h1-6,15H,7H2,(H2,14,18). The van der Waals surface area contributed by atoms with E-state index in [9.17, 15) is 0 Å². The van der Waals surface area contributed by atoms with E-state index in [0.29, 0.717) is 16.6 Å². The number of hydrogen-bond acceptors (Lipinski definition) is 4. The molecule has 6 heteroatoms. The van der Waals surface area contributed by atoms with Crippen LogP contribution in [0.3, 0.4) is 0 Å². The molecule has 0 aliphatic carbocycles. The van der Waals surface area contributed by atoms with Crippen LogP contribution < -0.4 is 11.1 Å². The fraction of sp³-hybridized carbons (Fsp3) is 0.0833. The number of nitrogens with one attached hydrogen (secondary N) is 1. The predicted octanol–water partition coefficient (Wildman–Crippen LogP) is 2.38. The maximum absolute atomic E-state index is 5.91. The molecule has 3 N–H and O–H groups in total. The van der Waals surface area contributed by atoms with Gasteiger partial charge in [0.25, 0.3) is 0 Å². The van der Waals surface area contributed by atoms with Crippen LogP contribution in [-0.4, -0.2) is 15.2 Å². The minimum atomic E-state index is 0.305. The summed E-state index contributed by atoms with van der Waals surface area (Å²) in [5.41, 5.74) is 8.05. The van der Waals surface area contributed by atoms with Crippen LogP contribution in [0.2, 0.25) is 5.02 Å². The summed E-state index contributed by atoms with van der Waals surface area (Å²) in [6.07, 6.45) is 1.63. The van der Waals surface area contributed by atoms with Crippen molar-refractivity contribution in [1.82, 2.24) is 10.2 Å². The molecule has 0 fully saturated rings. The molecule has 1 heterocycles. The van der Waals surface area contributed by atoms with Crippen LogP contribution in [0.15, 0.2) is 36.5 Å². The van der Waals surface area contributed by atoms with Crippen LogP contribution in [0.5, 0.6) is 0 Å². The molecule has 0 aliphatic rings. The fourth-order valence-corrected chi connectivity index (χ4v) is 1.83. The average molecular weight is 279 g/mol. The van der Waals surface area contributed by atoms with Crippen molar-refractivity contribution in [2.45, 2.75) is 6.54 Å². The van der Waals surface area contributed by atoms with Crippen LogP contribution in [0.25, 0.3) is 0 Å². The van der Waals surface area contributed by atoms with Gasteiger partial charge in [-0.3, -0.25) is 0 Å². The summed E-state index contributed by atoms with van der Waals surface area (Å²) in [6.45, 7) is 0.547. The molecule has 1 aromatic carbocycles. The highest BCUT2D eigenvalue weighted by molar-refractivity contribution is 7.80. The molecule has 2 aromatic rings. The van der Waals surface area contributed by atoms with E-state index in [1.165, 1.54) is 0 Å². The number of nitrogens with two attached hydrogens (primary N) is 1. The van der Waals surface area contributed by atoms with E-state index >= 15 is 0 Å². The van der Waals surface area contributed by atoms with E-state index in [1.54, 1.807) is 18.3 Å². The second kappa shape index (κ2) is 5.75. The molecule has 0 saturated carbocycles. The summed E-state index contributed by atoms with van der Waals surface area (Å²) in [7, 11) is 0. The van der Waals surface area contributed by atoms with E-state index in [-0.39, 0.29) is 0 Å². The Morgan fingerprint density at radius 3 is 2.89 bits per heavy atom. The molecule has 1 aromatic heterocycles. The van der Waals surface area contributed by atoms with Gasteiger partial charge >= 0.3 is 0 Å². The van der Waals surface area contributed by atoms with E-state index in [2.05, 4.69) is 15.5 Å². The lowest BCUT2D eigenvalue weighted by Crippen LogP contribution is -2.13. The third-order valence-electron chi connectivity index (χ3n) is 2.33. The van der Waals surface area contributed by atoms with Gasteiger partial charge in [-0.2, -0.15) is 10.2 Å². The summed E-state index contributed by atoms with van der Waals surface area (Å²) >= 11 is 10.9. The van der Waals surface area contributed by atoms with Crippen molar-refractivity contribution in [2.24, 2.45) is 5.73 Å². The molecule has 0 saturated heterocycles. The third-order valence-corrected chi connectivity index (χ3v) is 2.79. The number of halogens is 1. The molecule has 0 atom stereocenters. The Hall–Kier alpha value is -1.72. The van der Waals surface area contributed by atoms with Gasteiger partial charge in [-0.1, -0.05) is 23.8 Å². The topological polar surface area (TPSA) is 63.8 Å². The second-order valence-electron chi connectivity index (χ2n) is 3.62. The first-order valence-corrected chi connectivity index (χ1v) is 6.05. The molecule has 0 radical (unpaired) electrons. The van der Waals surface area contributed by atoms with Crippen LogP contribution in [0, 0.1) is 0 Å². The fourth-order valence-electron chi connectivity index (χ4n) is 1.49. The first-order chi connectivity index (χ1) is 8.66. The van der Waals surface area contributed by atoms with Gasteiger partial charge in [0, 0.05) is 22.5 Å². The highest BCUT2D eigenvalue weighted by Crippen LogP contribution is 2.21. The Morgan fingerprint density at radius 1 is 1.39 bits per heavy atom. The summed E-state index contributed by atoms with van der Waals surface area (Å²) in [5.74, 6) is 0. The first kappa shape index (κ1) is 12.7. The quantitative estimate of drug-likeness (QED) is 0.841. The van der Waals surface area contributed by atoms with Crippen LogP contribution in [0.4, 0.5) is 5.69 Å². The van der Waals surface area contributed by atoms with Crippen LogP contribution in [0.1, 0.15) is 11.3 Å². The Labute approximate surface area is 115 Å². The first-order valence-electron chi connectivity index (χ1n) is 5.26. The Morgan fingerprint density at radius 2 is 2.22 bits per heavy atom. The van der Waals surface area contributed by atoms with Gasteiger partial charge in [-0.05, 0) is 30.3 Å². The Balaban J connectivity index is 2.17. The van der Waals surface area contributed by atoms with Crippen molar-refractivity contribution in [3.8, 4) is 0 Å². The lowest BCUT2D eigenvalue weighted by atomic mass is 10.1. The van der Waals surface area contributed by atoms with Crippen molar-refractivity contribution in [3.05, 3.63) is 52.8 Å². The van der Waals surface area contributed by atoms with Gasteiger partial charge in [0.2, 0.25) is 0 Å². The molecule has 0 amide bonds. The lowest BCUT2D eigenvalue weighted by Gasteiger charge is -2.11.